The number of thioether (sulfide) groups is 1. The number of Topliss-reactive ketones (excluding diaryl/α,β-unsaturated/α-hetero) is 1. The lowest BCUT2D eigenvalue weighted by Gasteiger charge is -2.04. The molecule has 0 aliphatic carbocycles. The molecule has 0 saturated carbocycles. The molecule has 0 spiro atoms. The summed E-state index contributed by atoms with van der Waals surface area (Å²) in [5.41, 5.74) is 0. The van der Waals surface area contributed by atoms with E-state index in [1.165, 1.54) is 4.90 Å². The minimum atomic E-state index is 0.406. The van der Waals surface area contributed by atoms with Gasteiger partial charge in [0.05, 0.1) is 0 Å². The van der Waals surface area contributed by atoms with E-state index in [0.717, 1.165) is 25.0 Å². The van der Waals surface area contributed by atoms with E-state index in [1.54, 1.807) is 0 Å². The molecule has 2 heteroatoms. The van der Waals surface area contributed by atoms with Crippen LogP contribution in [0.5, 0.6) is 0 Å². The van der Waals surface area contributed by atoms with E-state index in [-0.39, 0.29) is 0 Å². The number of benzene rings is 1. The van der Waals surface area contributed by atoms with Crippen LogP contribution in [0.4, 0.5) is 0 Å². The van der Waals surface area contributed by atoms with Crippen molar-refractivity contribution in [3.63, 3.8) is 0 Å². The zero-order valence-corrected chi connectivity index (χ0v) is 10.9. The fraction of sp³-hybridized carbons (Fsp3) is 0.500. The fourth-order valence-corrected chi connectivity index (χ4v) is 2.41. The van der Waals surface area contributed by atoms with Gasteiger partial charge in [-0.25, -0.2) is 0 Å². The van der Waals surface area contributed by atoms with Crippen molar-refractivity contribution in [3.8, 4) is 0 Å². The van der Waals surface area contributed by atoms with E-state index in [4.69, 9.17) is 0 Å². The quantitative estimate of drug-likeness (QED) is 0.522. The first-order valence-corrected chi connectivity index (χ1v) is 6.86. The molecule has 0 fully saturated rings. The summed E-state index contributed by atoms with van der Waals surface area (Å²) in [4.78, 5) is 12.7. The zero-order chi connectivity index (χ0) is 11.8. The summed E-state index contributed by atoms with van der Waals surface area (Å²) in [6, 6.07) is 10.3. The van der Waals surface area contributed by atoms with Crippen LogP contribution in [-0.4, -0.2) is 11.5 Å². The average molecular weight is 236 g/mol. The molecule has 0 radical (unpaired) electrons. The van der Waals surface area contributed by atoms with Gasteiger partial charge < -0.3 is 0 Å². The lowest BCUT2D eigenvalue weighted by atomic mass is 10.0. The van der Waals surface area contributed by atoms with Gasteiger partial charge in [0.2, 0.25) is 0 Å². The van der Waals surface area contributed by atoms with Gasteiger partial charge in [0.1, 0.15) is 5.78 Å². The van der Waals surface area contributed by atoms with Crippen LogP contribution < -0.4 is 0 Å². The molecular weight excluding hydrogens is 216 g/mol. The standard InChI is InChI=1S/C14H20OS/c1-12(2)11-13(15)7-6-10-16-14-8-4-3-5-9-14/h3-5,8-9,12H,6-7,10-11H2,1-2H3. The zero-order valence-electron chi connectivity index (χ0n) is 10.1. The number of hydrogen-bond donors (Lipinski definition) is 0. The lowest BCUT2D eigenvalue weighted by molar-refractivity contribution is -0.119. The first-order valence-electron chi connectivity index (χ1n) is 5.88. The monoisotopic (exact) mass is 236 g/mol. The van der Waals surface area contributed by atoms with Crippen molar-refractivity contribution in [2.24, 2.45) is 5.92 Å². The van der Waals surface area contributed by atoms with Crippen molar-refractivity contribution in [2.75, 3.05) is 5.75 Å². The molecule has 0 atom stereocenters. The largest absolute Gasteiger partial charge is 0.300 e. The van der Waals surface area contributed by atoms with Crippen LogP contribution in [0.25, 0.3) is 0 Å². The fourth-order valence-electron chi connectivity index (χ4n) is 1.53. The molecule has 0 unspecified atom stereocenters. The number of carbonyl (C=O) groups excluding carboxylic acids is 1. The molecule has 0 heterocycles. The third-order valence-corrected chi connectivity index (χ3v) is 3.35. The molecule has 0 N–H and O–H groups in total. The maximum atomic E-state index is 11.5. The van der Waals surface area contributed by atoms with Crippen LogP contribution in [0.15, 0.2) is 35.2 Å². The van der Waals surface area contributed by atoms with E-state index in [9.17, 15) is 4.79 Å². The Morgan fingerprint density at radius 2 is 1.94 bits per heavy atom. The Labute approximate surface area is 103 Å². The topological polar surface area (TPSA) is 17.1 Å². The molecular formula is C14H20OS. The van der Waals surface area contributed by atoms with Crippen LogP contribution >= 0.6 is 11.8 Å². The number of rotatable bonds is 7. The minimum Gasteiger partial charge on any atom is -0.300 e. The van der Waals surface area contributed by atoms with Gasteiger partial charge in [-0.05, 0) is 30.2 Å². The molecule has 0 aliphatic heterocycles. The summed E-state index contributed by atoms with van der Waals surface area (Å²) in [5.74, 6) is 1.94. The maximum absolute atomic E-state index is 11.5. The van der Waals surface area contributed by atoms with Crippen LogP contribution in [0.3, 0.4) is 0 Å². The van der Waals surface area contributed by atoms with E-state index < -0.39 is 0 Å². The Morgan fingerprint density at radius 3 is 2.56 bits per heavy atom. The maximum Gasteiger partial charge on any atom is 0.133 e. The summed E-state index contributed by atoms with van der Waals surface area (Å²) >= 11 is 1.83. The Kier molecular flexibility index (Phi) is 6.24. The van der Waals surface area contributed by atoms with Crippen molar-refractivity contribution in [1.82, 2.24) is 0 Å². The van der Waals surface area contributed by atoms with Crippen molar-refractivity contribution in [1.29, 1.82) is 0 Å². The van der Waals surface area contributed by atoms with Crippen molar-refractivity contribution < 1.29 is 4.79 Å². The summed E-state index contributed by atoms with van der Waals surface area (Å²) in [6.45, 7) is 4.19. The molecule has 1 nitrogen and oxygen atoms in total. The van der Waals surface area contributed by atoms with Crippen LogP contribution in [0, 0.1) is 5.92 Å². The first kappa shape index (κ1) is 13.3. The highest BCUT2D eigenvalue weighted by molar-refractivity contribution is 7.99. The second-order valence-electron chi connectivity index (χ2n) is 4.40. The third kappa shape index (κ3) is 5.96. The van der Waals surface area contributed by atoms with Gasteiger partial charge in [-0.15, -0.1) is 11.8 Å². The normalized spacial score (nSPS) is 10.7. The summed E-state index contributed by atoms with van der Waals surface area (Å²) in [5, 5.41) is 0. The molecule has 1 aromatic carbocycles. The molecule has 0 aliphatic rings. The Balaban J connectivity index is 2.10. The molecule has 16 heavy (non-hydrogen) atoms. The third-order valence-electron chi connectivity index (χ3n) is 2.25. The summed E-state index contributed by atoms with van der Waals surface area (Å²) < 4.78 is 0. The highest BCUT2D eigenvalue weighted by atomic mass is 32.2. The highest BCUT2D eigenvalue weighted by Gasteiger charge is 2.04. The molecule has 88 valence electrons. The second kappa shape index (κ2) is 7.50. The van der Waals surface area contributed by atoms with Crippen molar-refractivity contribution >= 4 is 17.5 Å². The van der Waals surface area contributed by atoms with Gasteiger partial charge >= 0.3 is 0 Å². The number of carbonyl (C=O) groups is 1. The first-order chi connectivity index (χ1) is 7.68. The minimum absolute atomic E-state index is 0.406. The smallest absolute Gasteiger partial charge is 0.133 e. The van der Waals surface area contributed by atoms with E-state index in [0.29, 0.717) is 11.7 Å². The van der Waals surface area contributed by atoms with Crippen LogP contribution in [0.1, 0.15) is 33.1 Å². The SMILES string of the molecule is CC(C)CC(=O)CCCSc1ccccc1. The summed E-state index contributed by atoms with van der Waals surface area (Å²) in [7, 11) is 0. The number of ketones is 1. The van der Waals surface area contributed by atoms with E-state index >= 15 is 0 Å². The predicted molar refractivity (Wildman–Crippen MR) is 70.9 cm³/mol. The van der Waals surface area contributed by atoms with Gasteiger partial charge in [0.15, 0.2) is 0 Å². The predicted octanol–water partition coefficient (Wildman–Crippen LogP) is 4.17. The molecule has 0 saturated heterocycles. The van der Waals surface area contributed by atoms with Crippen molar-refractivity contribution in [2.45, 2.75) is 38.0 Å². The van der Waals surface area contributed by atoms with E-state index in [1.807, 2.05) is 30.0 Å². The summed E-state index contributed by atoms with van der Waals surface area (Å²) in [6.07, 6.45) is 2.46. The molecule has 0 bridgehead atoms. The van der Waals surface area contributed by atoms with E-state index in [2.05, 4.69) is 26.0 Å². The highest BCUT2D eigenvalue weighted by Crippen LogP contribution is 2.18. The van der Waals surface area contributed by atoms with Gasteiger partial charge in [-0.1, -0.05) is 32.0 Å². The lowest BCUT2D eigenvalue weighted by Crippen LogP contribution is -2.02. The Morgan fingerprint density at radius 1 is 1.25 bits per heavy atom. The molecule has 0 amide bonds. The Hall–Kier alpha value is -0.760. The van der Waals surface area contributed by atoms with Gasteiger partial charge in [0.25, 0.3) is 0 Å². The molecule has 0 aromatic heterocycles. The van der Waals surface area contributed by atoms with Crippen LogP contribution in [-0.2, 0) is 4.79 Å². The Bertz CT molecular complexity index is 306. The van der Waals surface area contributed by atoms with Crippen molar-refractivity contribution in [3.05, 3.63) is 30.3 Å². The van der Waals surface area contributed by atoms with Gasteiger partial charge in [-0.3, -0.25) is 4.79 Å². The van der Waals surface area contributed by atoms with Crippen LogP contribution in [0.2, 0.25) is 0 Å². The van der Waals surface area contributed by atoms with Gasteiger partial charge in [0, 0.05) is 17.7 Å². The second-order valence-corrected chi connectivity index (χ2v) is 5.57. The van der Waals surface area contributed by atoms with Gasteiger partial charge in [-0.2, -0.15) is 0 Å². The molecule has 1 rings (SSSR count). The molecule has 1 aromatic rings. The average Bonchev–Trinajstić information content (AvgIpc) is 2.25. The number of hydrogen-bond acceptors (Lipinski definition) is 2.